The molecule has 10 heavy (non-hydrogen) atoms. The number of thiol groups is 1. The Bertz CT molecular complexity index is 264. The summed E-state index contributed by atoms with van der Waals surface area (Å²) in [4.78, 5) is 10.7. The SMILES string of the molecule is O=Nc1cc(S)ccc1Cl. The molecule has 1 aromatic rings. The van der Waals surface area contributed by atoms with Gasteiger partial charge in [-0.15, -0.1) is 17.5 Å². The third kappa shape index (κ3) is 1.49. The molecule has 0 aliphatic carbocycles. The average Bonchev–Trinajstić information content (AvgIpc) is 1.94. The van der Waals surface area contributed by atoms with Gasteiger partial charge < -0.3 is 0 Å². The van der Waals surface area contributed by atoms with E-state index in [2.05, 4.69) is 17.8 Å². The second-order valence-corrected chi connectivity index (χ2v) is 2.65. The summed E-state index contributed by atoms with van der Waals surface area (Å²) in [5.74, 6) is 0. The molecule has 0 atom stereocenters. The van der Waals surface area contributed by atoms with Gasteiger partial charge >= 0.3 is 0 Å². The average molecular weight is 174 g/mol. The Kier molecular flexibility index (Phi) is 2.29. The largest absolute Gasteiger partial charge is 0.145 e. The van der Waals surface area contributed by atoms with E-state index < -0.39 is 0 Å². The summed E-state index contributed by atoms with van der Waals surface area (Å²) in [6.45, 7) is 0. The van der Waals surface area contributed by atoms with Crippen LogP contribution >= 0.6 is 24.2 Å². The third-order valence-corrected chi connectivity index (χ3v) is 1.63. The molecule has 52 valence electrons. The normalized spacial score (nSPS) is 9.40. The monoisotopic (exact) mass is 173 g/mol. The molecule has 0 N–H and O–H groups in total. The lowest BCUT2D eigenvalue weighted by Crippen LogP contribution is -1.67. The number of hydrogen-bond acceptors (Lipinski definition) is 3. The maximum atomic E-state index is 10.0. The Labute approximate surface area is 68.6 Å². The molecule has 0 aliphatic rings. The summed E-state index contributed by atoms with van der Waals surface area (Å²) in [6, 6.07) is 4.79. The van der Waals surface area contributed by atoms with Crippen LogP contribution in [0.2, 0.25) is 5.02 Å². The minimum absolute atomic E-state index is 0.231. The van der Waals surface area contributed by atoms with Crippen LogP contribution in [0.4, 0.5) is 5.69 Å². The smallest absolute Gasteiger partial charge is 0.127 e. The number of hydrogen-bond donors (Lipinski definition) is 1. The van der Waals surface area contributed by atoms with Gasteiger partial charge in [-0.2, -0.15) is 0 Å². The Morgan fingerprint density at radius 2 is 2.20 bits per heavy atom. The molecule has 0 aliphatic heterocycles. The van der Waals surface area contributed by atoms with Crippen LogP contribution in [0, 0.1) is 4.91 Å². The van der Waals surface area contributed by atoms with Crippen LogP contribution < -0.4 is 0 Å². The molecule has 0 saturated heterocycles. The Balaban J connectivity index is 3.21. The first kappa shape index (κ1) is 7.57. The van der Waals surface area contributed by atoms with Gasteiger partial charge in [-0.05, 0) is 23.4 Å². The zero-order valence-electron chi connectivity index (χ0n) is 4.91. The van der Waals surface area contributed by atoms with Crippen molar-refractivity contribution in [1.82, 2.24) is 0 Å². The lowest BCUT2D eigenvalue weighted by Gasteiger charge is -1.93. The number of rotatable bonds is 1. The van der Waals surface area contributed by atoms with Crippen molar-refractivity contribution in [2.45, 2.75) is 4.90 Å². The summed E-state index contributed by atoms with van der Waals surface area (Å²) in [7, 11) is 0. The van der Waals surface area contributed by atoms with Gasteiger partial charge in [0, 0.05) is 4.90 Å². The fraction of sp³-hybridized carbons (Fsp3) is 0. The molecule has 1 rings (SSSR count). The number of halogens is 1. The summed E-state index contributed by atoms with van der Waals surface area (Å²) < 4.78 is 0. The molecule has 0 unspecified atom stereocenters. The zero-order valence-corrected chi connectivity index (χ0v) is 6.56. The van der Waals surface area contributed by atoms with Crippen molar-refractivity contribution in [3.8, 4) is 0 Å². The van der Waals surface area contributed by atoms with Crippen LogP contribution in [0.1, 0.15) is 0 Å². The second-order valence-electron chi connectivity index (χ2n) is 1.73. The maximum absolute atomic E-state index is 10.0. The summed E-state index contributed by atoms with van der Waals surface area (Å²) >= 11 is 9.57. The van der Waals surface area contributed by atoms with E-state index in [1.54, 1.807) is 12.1 Å². The third-order valence-electron chi connectivity index (χ3n) is 1.03. The van der Waals surface area contributed by atoms with Gasteiger partial charge in [0.1, 0.15) is 5.69 Å². The molecular weight excluding hydrogens is 170 g/mol. The predicted octanol–water partition coefficient (Wildman–Crippen LogP) is 3.03. The van der Waals surface area contributed by atoms with Crippen LogP contribution in [0.25, 0.3) is 0 Å². The molecule has 4 heteroatoms. The lowest BCUT2D eigenvalue weighted by molar-refractivity contribution is 1.41. The van der Waals surface area contributed by atoms with Crippen molar-refractivity contribution in [2.75, 3.05) is 0 Å². The van der Waals surface area contributed by atoms with E-state index in [-0.39, 0.29) is 5.69 Å². The van der Waals surface area contributed by atoms with Gasteiger partial charge in [-0.3, -0.25) is 0 Å². The number of benzene rings is 1. The van der Waals surface area contributed by atoms with Crippen LogP contribution in [0.5, 0.6) is 0 Å². The molecule has 0 radical (unpaired) electrons. The first-order chi connectivity index (χ1) is 4.74. The van der Waals surface area contributed by atoms with Gasteiger partial charge in [0.15, 0.2) is 0 Å². The Morgan fingerprint density at radius 3 is 2.70 bits per heavy atom. The van der Waals surface area contributed by atoms with Crippen molar-refractivity contribution >= 4 is 29.9 Å². The molecule has 0 amide bonds. The minimum Gasteiger partial charge on any atom is -0.145 e. The highest BCUT2D eigenvalue weighted by molar-refractivity contribution is 7.80. The lowest BCUT2D eigenvalue weighted by atomic mass is 10.3. The highest BCUT2D eigenvalue weighted by atomic mass is 35.5. The van der Waals surface area contributed by atoms with Crippen molar-refractivity contribution in [3.05, 3.63) is 28.1 Å². The highest BCUT2D eigenvalue weighted by Crippen LogP contribution is 2.26. The van der Waals surface area contributed by atoms with E-state index in [9.17, 15) is 4.91 Å². The van der Waals surface area contributed by atoms with Crippen molar-refractivity contribution in [1.29, 1.82) is 0 Å². The topological polar surface area (TPSA) is 29.4 Å². The summed E-state index contributed by atoms with van der Waals surface area (Å²) in [5, 5.41) is 3.05. The van der Waals surface area contributed by atoms with E-state index >= 15 is 0 Å². The molecular formula is C6H4ClNOS. The standard InChI is InChI=1S/C6H4ClNOS/c7-5-2-1-4(10)3-6(5)8-9/h1-3,10H. The molecule has 0 aromatic heterocycles. The second kappa shape index (κ2) is 3.03. The molecule has 0 fully saturated rings. The fourth-order valence-electron chi connectivity index (χ4n) is 0.571. The van der Waals surface area contributed by atoms with Crippen molar-refractivity contribution < 1.29 is 0 Å². The van der Waals surface area contributed by atoms with Gasteiger partial charge in [0.25, 0.3) is 0 Å². The van der Waals surface area contributed by atoms with E-state index in [4.69, 9.17) is 11.6 Å². The first-order valence-corrected chi connectivity index (χ1v) is 3.38. The molecule has 0 spiro atoms. The molecule has 1 aromatic carbocycles. The van der Waals surface area contributed by atoms with E-state index in [0.717, 1.165) is 0 Å². The minimum atomic E-state index is 0.231. The van der Waals surface area contributed by atoms with Crippen LogP contribution in [0.3, 0.4) is 0 Å². The van der Waals surface area contributed by atoms with Crippen molar-refractivity contribution in [2.24, 2.45) is 5.18 Å². The molecule has 0 heterocycles. The quantitative estimate of drug-likeness (QED) is 0.514. The molecule has 2 nitrogen and oxygen atoms in total. The number of nitroso groups, excluding NO2 is 1. The van der Waals surface area contributed by atoms with E-state index in [1.165, 1.54) is 6.07 Å². The zero-order chi connectivity index (χ0) is 7.56. The fourth-order valence-corrected chi connectivity index (χ4v) is 0.920. The first-order valence-electron chi connectivity index (χ1n) is 2.56. The highest BCUT2D eigenvalue weighted by Gasteiger charge is 1.98. The van der Waals surface area contributed by atoms with Crippen LogP contribution in [0.15, 0.2) is 28.3 Å². The van der Waals surface area contributed by atoms with Crippen LogP contribution in [-0.2, 0) is 0 Å². The van der Waals surface area contributed by atoms with Crippen LogP contribution in [-0.4, -0.2) is 0 Å². The van der Waals surface area contributed by atoms with E-state index in [0.29, 0.717) is 9.92 Å². The Hall–Kier alpha value is -0.540. The van der Waals surface area contributed by atoms with Crippen molar-refractivity contribution in [3.63, 3.8) is 0 Å². The molecule has 0 bridgehead atoms. The van der Waals surface area contributed by atoms with Gasteiger partial charge in [0.2, 0.25) is 0 Å². The van der Waals surface area contributed by atoms with E-state index in [1.807, 2.05) is 0 Å². The van der Waals surface area contributed by atoms with Gasteiger partial charge in [-0.25, -0.2) is 0 Å². The summed E-state index contributed by atoms with van der Waals surface area (Å²) in [6.07, 6.45) is 0. The van der Waals surface area contributed by atoms with Gasteiger partial charge in [0.05, 0.1) is 5.02 Å². The maximum Gasteiger partial charge on any atom is 0.127 e. The summed E-state index contributed by atoms with van der Waals surface area (Å²) in [5.41, 5.74) is 0.231. The Morgan fingerprint density at radius 1 is 1.50 bits per heavy atom. The predicted molar refractivity (Wildman–Crippen MR) is 44.2 cm³/mol. The number of nitrogens with zero attached hydrogens (tertiary/aromatic N) is 1. The molecule has 0 saturated carbocycles. The van der Waals surface area contributed by atoms with Gasteiger partial charge in [-0.1, -0.05) is 11.6 Å².